The van der Waals surface area contributed by atoms with Crippen LogP contribution in [0.15, 0.2) is 12.3 Å². The summed E-state index contributed by atoms with van der Waals surface area (Å²) in [4.78, 5) is 21.7. The zero-order valence-corrected chi connectivity index (χ0v) is 9.80. The number of aryl methyl sites for hydroxylation is 1. The number of rotatable bonds is 5. The lowest BCUT2D eigenvalue weighted by atomic mass is 10.3. The minimum atomic E-state index is -1.06. The molecule has 1 rings (SSSR count). The average molecular weight is 240 g/mol. The van der Waals surface area contributed by atoms with E-state index in [-0.39, 0.29) is 0 Å². The lowest BCUT2D eigenvalue weighted by Gasteiger charge is -2.10. The van der Waals surface area contributed by atoms with Crippen LogP contribution in [-0.4, -0.2) is 39.5 Å². The first-order valence-corrected chi connectivity index (χ1v) is 5.24. The second-order valence-electron chi connectivity index (χ2n) is 3.66. The Balaban J connectivity index is 2.25. The molecule has 1 heterocycles. The van der Waals surface area contributed by atoms with Crippen molar-refractivity contribution in [1.29, 1.82) is 0 Å². The smallest absolute Gasteiger partial charge is 0.325 e. The minimum absolute atomic E-state index is 0.428. The molecule has 3 N–H and O–H groups in total. The van der Waals surface area contributed by atoms with Crippen LogP contribution in [0.1, 0.15) is 12.6 Å². The van der Waals surface area contributed by atoms with Crippen LogP contribution >= 0.6 is 0 Å². The summed E-state index contributed by atoms with van der Waals surface area (Å²) >= 11 is 0. The minimum Gasteiger partial charge on any atom is -0.480 e. The highest BCUT2D eigenvalue weighted by Gasteiger charge is 2.13. The predicted molar refractivity (Wildman–Crippen MR) is 60.5 cm³/mol. The fourth-order valence-corrected chi connectivity index (χ4v) is 1.26. The van der Waals surface area contributed by atoms with Crippen molar-refractivity contribution in [3.8, 4) is 0 Å². The van der Waals surface area contributed by atoms with Crippen molar-refractivity contribution in [3.63, 3.8) is 0 Å². The second-order valence-corrected chi connectivity index (χ2v) is 3.66. The summed E-state index contributed by atoms with van der Waals surface area (Å²) in [6.07, 6.45) is 2.33. The van der Waals surface area contributed by atoms with Crippen molar-refractivity contribution in [2.75, 3.05) is 6.54 Å². The normalized spacial score (nSPS) is 11.9. The number of carboxylic acids is 1. The van der Waals surface area contributed by atoms with Gasteiger partial charge in [0.05, 0.1) is 0 Å². The van der Waals surface area contributed by atoms with Crippen LogP contribution in [0.4, 0.5) is 4.79 Å². The molecular weight excluding hydrogens is 224 g/mol. The maximum atomic E-state index is 11.3. The Morgan fingerprint density at radius 1 is 1.59 bits per heavy atom. The summed E-state index contributed by atoms with van der Waals surface area (Å²) in [7, 11) is 1.82. The van der Waals surface area contributed by atoms with Crippen molar-refractivity contribution >= 4 is 12.0 Å². The summed E-state index contributed by atoms with van der Waals surface area (Å²) in [5.41, 5.74) is 0.997. The first-order valence-electron chi connectivity index (χ1n) is 5.24. The Morgan fingerprint density at radius 2 is 2.29 bits per heavy atom. The molecule has 2 amide bonds. The third-order valence-corrected chi connectivity index (χ3v) is 2.31. The SMILES string of the molecule is C[C@H](NC(=O)NCCc1ccnn1C)C(=O)O. The van der Waals surface area contributed by atoms with Gasteiger partial charge in [0.15, 0.2) is 0 Å². The van der Waals surface area contributed by atoms with Crippen molar-refractivity contribution in [1.82, 2.24) is 20.4 Å². The average Bonchev–Trinajstić information content (AvgIpc) is 2.64. The Bertz CT molecular complexity index is 402. The number of nitrogens with one attached hydrogen (secondary N) is 2. The maximum absolute atomic E-state index is 11.3. The van der Waals surface area contributed by atoms with Crippen LogP contribution in [0, 0.1) is 0 Å². The van der Waals surface area contributed by atoms with E-state index in [9.17, 15) is 9.59 Å². The van der Waals surface area contributed by atoms with Crippen molar-refractivity contribution in [3.05, 3.63) is 18.0 Å². The molecule has 0 saturated carbocycles. The first kappa shape index (κ1) is 13.0. The van der Waals surface area contributed by atoms with Gasteiger partial charge in [-0.2, -0.15) is 5.10 Å². The van der Waals surface area contributed by atoms with Crippen LogP contribution in [0.5, 0.6) is 0 Å². The van der Waals surface area contributed by atoms with E-state index in [1.54, 1.807) is 10.9 Å². The Morgan fingerprint density at radius 3 is 2.82 bits per heavy atom. The van der Waals surface area contributed by atoms with Gasteiger partial charge in [-0.1, -0.05) is 0 Å². The fourth-order valence-electron chi connectivity index (χ4n) is 1.26. The molecule has 0 saturated heterocycles. The molecule has 7 heteroatoms. The third kappa shape index (κ3) is 4.13. The monoisotopic (exact) mass is 240 g/mol. The predicted octanol–water partition coefficient (Wildman–Crippen LogP) is -0.265. The summed E-state index contributed by atoms with van der Waals surface area (Å²) in [6.45, 7) is 1.83. The van der Waals surface area contributed by atoms with E-state index in [0.29, 0.717) is 13.0 Å². The molecule has 0 radical (unpaired) electrons. The molecule has 1 aromatic rings. The van der Waals surface area contributed by atoms with E-state index < -0.39 is 18.0 Å². The van der Waals surface area contributed by atoms with Crippen LogP contribution in [0.2, 0.25) is 0 Å². The zero-order chi connectivity index (χ0) is 12.8. The highest BCUT2D eigenvalue weighted by atomic mass is 16.4. The Kier molecular flexibility index (Phi) is 4.50. The van der Waals surface area contributed by atoms with Crippen molar-refractivity contribution in [2.24, 2.45) is 7.05 Å². The lowest BCUT2D eigenvalue weighted by Crippen LogP contribution is -2.44. The zero-order valence-electron chi connectivity index (χ0n) is 9.80. The largest absolute Gasteiger partial charge is 0.480 e. The Hall–Kier alpha value is -2.05. The molecule has 7 nitrogen and oxygen atoms in total. The third-order valence-electron chi connectivity index (χ3n) is 2.31. The second kappa shape index (κ2) is 5.88. The number of aromatic nitrogens is 2. The van der Waals surface area contributed by atoms with Crippen LogP contribution < -0.4 is 10.6 Å². The van der Waals surface area contributed by atoms with Crippen molar-refractivity contribution < 1.29 is 14.7 Å². The van der Waals surface area contributed by atoms with Crippen LogP contribution in [-0.2, 0) is 18.3 Å². The molecule has 17 heavy (non-hydrogen) atoms. The van der Waals surface area contributed by atoms with E-state index in [1.807, 2.05) is 13.1 Å². The molecule has 0 aromatic carbocycles. The van der Waals surface area contributed by atoms with Crippen LogP contribution in [0.3, 0.4) is 0 Å². The van der Waals surface area contributed by atoms with Gasteiger partial charge in [-0.05, 0) is 13.0 Å². The van der Waals surface area contributed by atoms with E-state index in [2.05, 4.69) is 15.7 Å². The molecule has 0 bridgehead atoms. The van der Waals surface area contributed by atoms with Crippen LogP contribution in [0.25, 0.3) is 0 Å². The number of nitrogens with zero attached hydrogens (tertiary/aromatic N) is 2. The van der Waals surface area contributed by atoms with Gasteiger partial charge in [-0.3, -0.25) is 9.48 Å². The quantitative estimate of drug-likeness (QED) is 0.660. The number of amides is 2. The number of carboxylic acid groups (broad SMARTS) is 1. The van der Waals surface area contributed by atoms with Gasteiger partial charge in [0.1, 0.15) is 6.04 Å². The molecule has 0 aliphatic carbocycles. The topological polar surface area (TPSA) is 96.3 Å². The molecule has 1 atom stereocenters. The van der Waals surface area contributed by atoms with Gasteiger partial charge in [0.25, 0.3) is 0 Å². The summed E-state index contributed by atoms with van der Waals surface area (Å²) < 4.78 is 1.72. The number of carbonyl (C=O) groups is 2. The van der Waals surface area contributed by atoms with Gasteiger partial charge in [-0.25, -0.2) is 4.79 Å². The van der Waals surface area contributed by atoms with Crippen molar-refractivity contribution in [2.45, 2.75) is 19.4 Å². The number of hydrogen-bond donors (Lipinski definition) is 3. The van der Waals surface area contributed by atoms with Gasteiger partial charge in [0, 0.05) is 31.9 Å². The van der Waals surface area contributed by atoms with Gasteiger partial charge >= 0.3 is 12.0 Å². The maximum Gasteiger partial charge on any atom is 0.325 e. The highest BCUT2D eigenvalue weighted by molar-refractivity contribution is 5.82. The highest BCUT2D eigenvalue weighted by Crippen LogP contribution is 1.95. The Labute approximate surface area is 98.8 Å². The summed E-state index contributed by atoms with van der Waals surface area (Å²) in [5.74, 6) is -1.06. The molecule has 0 fully saturated rings. The van der Waals surface area contributed by atoms with E-state index in [0.717, 1.165) is 5.69 Å². The first-order chi connectivity index (χ1) is 8.00. The molecular formula is C10H16N4O3. The lowest BCUT2D eigenvalue weighted by molar-refractivity contribution is -0.138. The standard InChI is InChI=1S/C10H16N4O3/c1-7(9(15)16)13-10(17)11-5-3-8-4-6-12-14(8)2/h4,6-7H,3,5H2,1-2H3,(H,15,16)(H2,11,13,17)/t7-/m0/s1. The number of aliphatic carboxylic acids is 1. The fraction of sp³-hybridized carbons (Fsp3) is 0.500. The van der Waals surface area contributed by atoms with Gasteiger partial charge < -0.3 is 15.7 Å². The molecule has 0 aliphatic heterocycles. The molecule has 0 spiro atoms. The summed E-state index contributed by atoms with van der Waals surface area (Å²) in [5, 5.41) is 17.5. The summed E-state index contributed by atoms with van der Waals surface area (Å²) in [6, 6.07) is 0.480. The van der Waals surface area contributed by atoms with Gasteiger partial charge in [0.2, 0.25) is 0 Å². The number of carbonyl (C=O) groups excluding carboxylic acids is 1. The van der Waals surface area contributed by atoms with E-state index >= 15 is 0 Å². The van der Waals surface area contributed by atoms with Gasteiger partial charge in [-0.15, -0.1) is 0 Å². The number of hydrogen-bond acceptors (Lipinski definition) is 3. The molecule has 1 aromatic heterocycles. The number of urea groups is 1. The molecule has 94 valence electrons. The van der Waals surface area contributed by atoms with E-state index in [4.69, 9.17) is 5.11 Å². The molecule has 0 unspecified atom stereocenters. The van der Waals surface area contributed by atoms with E-state index in [1.165, 1.54) is 6.92 Å². The molecule has 0 aliphatic rings.